The number of hydrogen-bond acceptors (Lipinski definition) is 4. The molecule has 1 heterocycles. The van der Waals surface area contributed by atoms with Gasteiger partial charge in [-0.1, -0.05) is 12.1 Å². The van der Waals surface area contributed by atoms with Gasteiger partial charge in [-0.2, -0.15) is 0 Å². The number of aromatic nitrogens is 1. The van der Waals surface area contributed by atoms with E-state index in [9.17, 15) is 4.79 Å². The van der Waals surface area contributed by atoms with Gasteiger partial charge in [0.25, 0.3) is 0 Å². The Morgan fingerprint density at radius 1 is 1.37 bits per heavy atom. The maximum Gasteiger partial charge on any atom is 0.317 e. The second-order valence-corrected chi connectivity index (χ2v) is 5.50. The molecule has 1 N–H and O–H groups in total. The van der Waals surface area contributed by atoms with Gasteiger partial charge >= 0.3 is 5.97 Å². The molecule has 0 bridgehead atoms. The van der Waals surface area contributed by atoms with E-state index < -0.39 is 5.97 Å². The predicted molar refractivity (Wildman–Crippen MR) is 71.8 cm³/mol. The zero-order chi connectivity index (χ0) is 14.0. The summed E-state index contributed by atoms with van der Waals surface area (Å²) in [5.41, 5.74) is 1.25. The summed E-state index contributed by atoms with van der Waals surface area (Å²) in [6, 6.07) is 7.51. The molecule has 0 radical (unpaired) electrons. The van der Waals surface area contributed by atoms with Gasteiger partial charge < -0.3 is 9.52 Å². The number of hydrogen-bond donors (Lipinski definition) is 1. The first-order valence-electron chi connectivity index (χ1n) is 6.17. The molecule has 0 spiro atoms. The molecule has 0 saturated carbocycles. The topological polar surface area (TPSA) is 66.6 Å². The van der Waals surface area contributed by atoms with E-state index in [1.807, 2.05) is 49.9 Å². The number of nitrogens with zero attached hydrogens (tertiary/aromatic N) is 2. The minimum atomic E-state index is -0.856. The van der Waals surface area contributed by atoms with Crippen molar-refractivity contribution in [3.63, 3.8) is 0 Å². The van der Waals surface area contributed by atoms with Gasteiger partial charge in [0.15, 0.2) is 5.58 Å². The van der Waals surface area contributed by atoms with Gasteiger partial charge in [0.2, 0.25) is 5.89 Å². The lowest BCUT2D eigenvalue weighted by Gasteiger charge is -2.33. The third kappa shape index (κ3) is 3.32. The van der Waals surface area contributed by atoms with Crippen LogP contribution in [-0.2, 0) is 11.3 Å². The van der Waals surface area contributed by atoms with Crippen LogP contribution in [0.1, 0.15) is 26.7 Å². The van der Waals surface area contributed by atoms with Crippen molar-refractivity contribution in [3.8, 4) is 0 Å². The molecule has 0 unspecified atom stereocenters. The van der Waals surface area contributed by atoms with Crippen molar-refractivity contribution >= 4 is 17.1 Å². The highest BCUT2D eigenvalue weighted by Gasteiger charge is 2.25. The maximum atomic E-state index is 10.9. The first-order valence-corrected chi connectivity index (χ1v) is 6.17. The van der Waals surface area contributed by atoms with Crippen LogP contribution in [0.3, 0.4) is 0 Å². The quantitative estimate of drug-likeness (QED) is 0.917. The molecule has 0 aliphatic heterocycles. The summed E-state index contributed by atoms with van der Waals surface area (Å²) in [5, 5.41) is 8.97. The van der Waals surface area contributed by atoms with Crippen molar-refractivity contribution in [2.45, 2.75) is 32.9 Å². The average molecular weight is 262 g/mol. The lowest BCUT2D eigenvalue weighted by Crippen LogP contribution is -2.43. The highest BCUT2D eigenvalue weighted by molar-refractivity contribution is 5.72. The summed E-state index contributed by atoms with van der Waals surface area (Å²) in [5.74, 6) is -0.316. The van der Waals surface area contributed by atoms with Gasteiger partial charge in [-0.15, -0.1) is 0 Å². The van der Waals surface area contributed by atoms with Crippen molar-refractivity contribution in [2.24, 2.45) is 0 Å². The molecular weight excluding hydrogens is 244 g/mol. The SMILES string of the molecule is CC(C)(C)N(CC(=O)O)Cc1nc2ccccc2o1. The van der Waals surface area contributed by atoms with Crippen LogP contribution in [0.5, 0.6) is 0 Å². The van der Waals surface area contributed by atoms with E-state index in [1.54, 1.807) is 0 Å². The van der Waals surface area contributed by atoms with Gasteiger partial charge in [0, 0.05) is 5.54 Å². The van der Waals surface area contributed by atoms with Crippen LogP contribution in [-0.4, -0.2) is 33.0 Å². The molecule has 5 nitrogen and oxygen atoms in total. The van der Waals surface area contributed by atoms with E-state index >= 15 is 0 Å². The summed E-state index contributed by atoms with van der Waals surface area (Å²) in [4.78, 5) is 17.1. The lowest BCUT2D eigenvalue weighted by molar-refractivity contribution is -0.140. The first-order chi connectivity index (χ1) is 8.86. The molecular formula is C14H18N2O3. The van der Waals surface area contributed by atoms with Gasteiger partial charge in [-0.05, 0) is 32.9 Å². The molecule has 2 aromatic rings. The van der Waals surface area contributed by atoms with Crippen LogP contribution < -0.4 is 0 Å². The summed E-state index contributed by atoms with van der Waals surface area (Å²) in [6.45, 7) is 6.25. The van der Waals surface area contributed by atoms with E-state index in [1.165, 1.54) is 0 Å². The third-order valence-electron chi connectivity index (χ3n) is 2.94. The fourth-order valence-corrected chi connectivity index (χ4v) is 1.84. The molecule has 0 fully saturated rings. The highest BCUT2D eigenvalue weighted by atomic mass is 16.4. The Hall–Kier alpha value is -1.88. The Labute approximate surface area is 111 Å². The highest BCUT2D eigenvalue weighted by Crippen LogP contribution is 2.20. The summed E-state index contributed by atoms with van der Waals surface area (Å²) in [7, 11) is 0. The van der Waals surface area contributed by atoms with E-state index in [-0.39, 0.29) is 12.1 Å². The molecule has 0 aliphatic carbocycles. The van der Waals surface area contributed by atoms with Crippen LogP contribution in [0.25, 0.3) is 11.1 Å². The van der Waals surface area contributed by atoms with Crippen molar-refractivity contribution in [2.75, 3.05) is 6.54 Å². The van der Waals surface area contributed by atoms with Gasteiger partial charge in [-0.25, -0.2) is 4.98 Å². The van der Waals surface area contributed by atoms with Crippen LogP contribution in [0.15, 0.2) is 28.7 Å². The molecule has 19 heavy (non-hydrogen) atoms. The van der Waals surface area contributed by atoms with E-state index in [0.29, 0.717) is 12.4 Å². The Balaban J connectivity index is 2.23. The number of carbonyl (C=O) groups is 1. The minimum Gasteiger partial charge on any atom is -0.480 e. The number of rotatable bonds is 4. The monoisotopic (exact) mass is 262 g/mol. The number of aliphatic carboxylic acids is 1. The Morgan fingerprint density at radius 3 is 2.63 bits per heavy atom. The first kappa shape index (κ1) is 13.5. The number of carboxylic acid groups (broad SMARTS) is 1. The Kier molecular flexibility index (Phi) is 3.57. The minimum absolute atomic E-state index is 0.0395. The zero-order valence-electron chi connectivity index (χ0n) is 11.4. The smallest absolute Gasteiger partial charge is 0.317 e. The fourth-order valence-electron chi connectivity index (χ4n) is 1.84. The molecule has 5 heteroatoms. The van der Waals surface area contributed by atoms with Gasteiger partial charge in [0.1, 0.15) is 5.52 Å². The second kappa shape index (κ2) is 5.01. The summed E-state index contributed by atoms with van der Waals surface area (Å²) < 4.78 is 5.63. The van der Waals surface area contributed by atoms with Crippen molar-refractivity contribution < 1.29 is 14.3 Å². The maximum absolute atomic E-state index is 10.9. The number of benzene rings is 1. The Morgan fingerprint density at radius 2 is 2.05 bits per heavy atom. The molecule has 0 amide bonds. The number of carboxylic acids is 1. The molecule has 2 rings (SSSR count). The third-order valence-corrected chi connectivity index (χ3v) is 2.94. The average Bonchev–Trinajstić information content (AvgIpc) is 2.68. The van der Waals surface area contributed by atoms with Crippen molar-refractivity contribution in [1.82, 2.24) is 9.88 Å². The molecule has 0 saturated heterocycles. The van der Waals surface area contributed by atoms with E-state index in [2.05, 4.69) is 4.98 Å². The molecule has 102 valence electrons. The normalized spacial score (nSPS) is 12.2. The largest absolute Gasteiger partial charge is 0.480 e. The Bertz CT molecular complexity index is 551. The van der Waals surface area contributed by atoms with Crippen LogP contribution in [0.4, 0.5) is 0 Å². The number of oxazole rings is 1. The molecule has 1 aromatic heterocycles. The second-order valence-electron chi connectivity index (χ2n) is 5.50. The fraction of sp³-hybridized carbons (Fsp3) is 0.429. The number of fused-ring (bicyclic) bond motifs is 1. The molecule has 0 aliphatic rings. The van der Waals surface area contributed by atoms with E-state index in [0.717, 1.165) is 11.1 Å². The molecule has 1 aromatic carbocycles. The predicted octanol–water partition coefficient (Wildman–Crippen LogP) is 2.51. The number of para-hydroxylation sites is 2. The molecule has 0 atom stereocenters. The van der Waals surface area contributed by atoms with Crippen LogP contribution in [0, 0.1) is 0 Å². The lowest BCUT2D eigenvalue weighted by atomic mass is 10.1. The van der Waals surface area contributed by atoms with Crippen molar-refractivity contribution in [1.29, 1.82) is 0 Å². The van der Waals surface area contributed by atoms with Gasteiger partial charge in [0.05, 0.1) is 13.1 Å². The summed E-state index contributed by atoms with van der Waals surface area (Å²) in [6.07, 6.45) is 0. The zero-order valence-corrected chi connectivity index (χ0v) is 11.4. The van der Waals surface area contributed by atoms with E-state index in [4.69, 9.17) is 9.52 Å². The standard InChI is InChI=1S/C14H18N2O3/c1-14(2,3)16(9-13(17)18)8-12-15-10-6-4-5-7-11(10)19-12/h4-7H,8-9H2,1-3H3,(H,17,18). The summed E-state index contributed by atoms with van der Waals surface area (Å²) >= 11 is 0. The van der Waals surface area contributed by atoms with Crippen LogP contribution in [0.2, 0.25) is 0 Å². The van der Waals surface area contributed by atoms with Crippen LogP contribution >= 0.6 is 0 Å². The van der Waals surface area contributed by atoms with Gasteiger partial charge in [-0.3, -0.25) is 9.69 Å². The van der Waals surface area contributed by atoms with Crippen molar-refractivity contribution in [3.05, 3.63) is 30.2 Å².